The number of carbonyl (C=O) groups excluding carboxylic acids is 2. The highest BCUT2D eigenvalue weighted by molar-refractivity contribution is 14.1. The Labute approximate surface area is 240 Å². The van der Waals surface area contributed by atoms with Crippen molar-refractivity contribution in [1.29, 1.82) is 0 Å². The van der Waals surface area contributed by atoms with Crippen molar-refractivity contribution in [2.24, 2.45) is 5.92 Å². The average molecular weight is 725 g/mol. The van der Waals surface area contributed by atoms with E-state index in [1.807, 2.05) is 42.6 Å². The van der Waals surface area contributed by atoms with E-state index in [4.69, 9.17) is 14.2 Å². The van der Waals surface area contributed by atoms with Crippen LogP contribution in [0.1, 0.15) is 36.5 Å². The SMILES string of the molecule is CC1(C)OC(=O)C([C@H](c2cc(I)c(OCc3ccc(F)cc3)c(I)c2)c2c[nH]c3ccccc23)C(=O)O1. The zero-order valence-corrected chi connectivity index (χ0v) is 24.2. The van der Waals surface area contributed by atoms with Crippen LogP contribution in [0, 0.1) is 18.9 Å². The Hall–Kier alpha value is -2.67. The maximum atomic E-state index is 13.3. The summed E-state index contributed by atoms with van der Waals surface area (Å²) < 4.78 is 32.0. The summed E-state index contributed by atoms with van der Waals surface area (Å²) >= 11 is 4.37. The van der Waals surface area contributed by atoms with Crippen molar-refractivity contribution >= 4 is 68.0 Å². The van der Waals surface area contributed by atoms with Gasteiger partial charge in [-0.2, -0.15) is 0 Å². The second-order valence-corrected chi connectivity index (χ2v) is 11.5. The predicted octanol–water partition coefficient (Wildman–Crippen LogP) is 6.68. The molecule has 4 aromatic rings. The number of esters is 2. The van der Waals surface area contributed by atoms with E-state index < -0.39 is 29.6 Å². The fraction of sp³-hybridized carbons (Fsp3) is 0.214. The molecule has 0 saturated carbocycles. The van der Waals surface area contributed by atoms with Gasteiger partial charge in [0.2, 0.25) is 0 Å². The van der Waals surface area contributed by atoms with Crippen LogP contribution in [0.4, 0.5) is 4.39 Å². The Morgan fingerprint density at radius 2 is 1.62 bits per heavy atom. The van der Waals surface area contributed by atoms with Gasteiger partial charge in [0.1, 0.15) is 18.2 Å². The molecule has 190 valence electrons. The lowest BCUT2D eigenvalue weighted by molar-refractivity contribution is -0.240. The Bertz CT molecular complexity index is 1460. The molecule has 1 N–H and O–H groups in total. The van der Waals surface area contributed by atoms with Gasteiger partial charge in [-0.3, -0.25) is 9.59 Å². The zero-order chi connectivity index (χ0) is 26.3. The van der Waals surface area contributed by atoms with Crippen molar-refractivity contribution in [3.05, 3.63) is 96.5 Å². The smallest absolute Gasteiger partial charge is 0.324 e. The molecule has 0 unspecified atom stereocenters. The molecule has 1 aliphatic heterocycles. The Balaban J connectivity index is 1.56. The van der Waals surface area contributed by atoms with Crippen LogP contribution in [0.3, 0.4) is 0 Å². The third-order valence-electron chi connectivity index (χ3n) is 6.17. The van der Waals surface area contributed by atoms with Crippen molar-refractivity contribution in [2.45, 2.75) is 32.2 Å². The number of hydrogen-bond acceptors (Lipinski definition) is 5. The molecule has 0 amide bonds. The first kappa shape index (κ1) is 26.0. The molecular weight excluding hydrogens is 703 g/mol. The Kier molecular flexibility index (Phi) is 7.18. The number of ether oxygens (including phenoxy) is 3. The highest BCUT2D eigenvalue weighted by Gasteiger charge is 2.48. The third kappa shape index (κ3) is 5.33. The predicted molar refractivity (Wildman–Crippen MR) is 153 cm³/mol. The largest absolute Gasteiger partial charge is 0.487 e. The van der Waals surface area contributed by atoms with Gasteiger partial charge in [-0.1, -0.05) is 30.3 Å². The normalized spacial score (nSPS) is 16.4. The first-order valence-electron chi connectivity index (χ1n) is 11.5. The highest BCUT2D eigenvalue weighted by Crippen LogP contribution is 2.43. The molecule has 1 atom stereocenters. The number of nitrogens with one attached hydrogen (secondary N) is 1. The topological polar surface area (TPSA) is 77.6 Å². The van der Waals surface area contributed by atoms with E-state index in [-0.39, 0.29) is 12.4 Å². The maximum Gasteiger partial charge on any atom is 0.324 e. The van der Waals surface area contributed by atoms with E-state index in [2.05, 4.69) is 50.2 Å². The van der Waals surface area contributed by atoms with Crippen LogP contribution in [0.25, 0.3) is 10.9 Å². The monoisotopic (exact) mass is 725 g/mol. The number of cyclic esters (lactones) is 2. The van der Waals surface area contributed by atoms with Crippen LogP contribution in [-0.4, -0.2) is 22.7 Å². The summed E-state index contributed by atoms with van der Waals surface area (Å²) in [6.45, 7) is 3.35. The molecule has 37 heavy (non-hydrogen) atoms. The van der Waals surface area contributed by atoms with Crippen LogP contribution in [0.15, 0.2) is 66.9 Å². The van der Waals surface area contributed by atoms with Gasteiger partial charge in [-0.05, 0) is 92.2 Å². The van der Waals surface area contributed by atoms with Gasteiger partial charge in [-0.25, -0.2) is 4.39 Å². The maximum absolute atomic E-state index is 13.3. The molecule has 1 fully saturated rings. The van der Waals surface area contributed by atoms with Crippen molar-refractivity contribution in [1.82, 2.24) is 4.98 Å². The lowest BCUT2D eigenvalue weighted by Crippen LogP contribution is -2.48. The number of para-hydroxylation sites is 1. The number of aromatic amines is 1. The van der Waals surface area contributed by atoms with Crippen LogP contribution < -0.4 is 4.74 Å². The molecule has 1 saturated heterocycles. The molecule has 1 aromatic heterocycles. The number of benzene rings is 3. The molecule has 0 spiro atoms. The van der Waals surface area contributed by atoms with E-state index in [1.54, 1.807) is 26.0 Å². The summed E-state index contributed by atoms with van der Waals surface area (Å²) in [4.78, 5) is 29.6. The van der Waals surface area contributed by atoms with Gasteiger partial charge in [0.05, 0.1) is 7.14 Å². The second-order valence-electron chi connectivity index (χ2n) is 9.22. The minimum absolute atomic E-state index is 0.272. The molecule has 0 aliphatic carbocycles. The summed E-state index contributed by atoms with van der Waals surface area (Å²) in [5.74, 6) is -4.04. The van der Waals surface area contributed by atoms with Gasteiger partial charge in [-0.15, -0.1) is 0 Å². The molecule has 2 heterocycles. The Morgan fingerprint density at radius 1 is 1.00 bits per heavy atom. The van der Waals surface area contributed by atoms with Crippen LogP contribution >= 0.6 is 45.2 Å². The summed E-state index contributed by atoms with van der Waals surface area (Å²) in [7, 11) is 0. The minimum atomic E-state index is -1.32. The van der Waals surface area contributed by atoms with E-state index >= 15 is 0 Å². The number of hydrogen-bond donors (Lipinski definition) is 1. The summed E-state index contributed by atoms with van der Waals surface area (Å²) in [6.07, 6.45) is 1.83. The average Bonchev–Trinajstić information content (AvgIpc) is 3.25. The van der Waals surface area contributed by atoms with Gasteiger partial charge in [0, 0.05) is 36.9 Å². The van der Waals surface area contributed by atoms with Crippen molar-refractivity contribution in [3.63, 3.8) is 0 Å². The summed E-state index contributed by atoms with van der Waals surface area (Å²) in [6, 6.07) is 17.7. The third-order valence-corrected chi connectivity index (χ3v) is 7.77. The van der Waals surface area contributed by atoms with Crippen molar-refractivity contribution in [3.8, 4) is 5.75 Å². The number of carbonyl (C=O) groups is 2. The Morgan fingerprint density at radius 3 is 2.27 bits per heavy atom. The van der Waals surface area contributed by atoms with Crippen molar-refractivity contribution in [2.75, 3.05) is 0 Å². The molecule has 0 bridgehead atoms. The van der Waals surface area contributed by atoms with Crippen LogP contribution in [0.2, 0.25) is 0 Å². The summed E-state index contributed by atoms with van der Waals surface area (Å²) in [5, 5.41) is 0.902. The van der Waals surface area contributed by atoms with E-state index in [0.29, 0.717) is 5.75 Å². The van der Waals surface area contributed by atoms with Crippen LogP contribution in [0.5, 0.6) is 5.75 Å². The second kappa shape index (κ2) is 10.2. The lowest BCUT2D eigenvalue weighted by Gasteiger charge is -2.36. The number of H-pyrrole nitrogens is 1. The quantitative estimate of drug-likeness (QED) is 0.137. The van der Waals surface area contributed by atoms with E-state index in [9.17, 15) is 14.0 Å². The molecule has 6 nitrogen and oxygen atoms in total. The number of aromatic nitrogens is 1. The standard InChI is InChI=1S/C28H22FI2NO5/c1-28(2)36-26(33)24(27(34)37-28)23(19-13-32-22-6-4-3-5-18(19)22)16-11-20(30)25(21(31)12-16)35-14-15-7-9-17(29)10-8-15/h3-13,23-24,32H,14H2,1-2H3/t23-/m1/s1. The first-order chi connectivity index (χ1) is 17.6. The molecular formula is C28H22FI2NO5. The van der Waals surface area contributed by atoms with Gasteiger partial charge in [0.15, 0.2) is 5.92 Å². The molecule has 3 aromatic carbocycles. The fourth-order valence-corrected chi connectivity index (χ4v) is 6.66. The minimum Gasteiger partial charge on any atom is -0.487 e. The zero-order valence-electron chi connectivity index (χ0n) is 19.9. The summed E-state index contributed by atoms with van der Waals surface area (Å²) in [5.41, 5.74) is 3.28. The first-order valence-corrected chi connectivity index (χ1v) is 13.7. The van der Waals surface area contributed by atoms with Gasteiger partial charge >= 0.3 is 11.9 Å². The molecule has 0 radical (unpaired) electrons. The fourth-order valence-electron chi connectivity index (χ4n) is 4.54. The highest BCUT2D eigenvalue weighted by atomic mass is 127. The molecule has 5 rings (SSSR count). The van der Waals surface area contributed by atoms with Crippen molar-refractivity contribution < 1.29 is 28.2 Å². The number of fused-ring (bicyclic) bond motifs is 1. The lowest BCUT2D eigenvalue weighted by atomic mass is 9.80. The molecule has 9 heteroatoms. The van der Waals surface area contributed by atoms with Gasteiger partial charge < -0.3 is 19.2 Å². The number of rotatable bonds is 6. The van der Waals surface area contributed by atoms with Gasteiger partial charge in [0.25, 0.3) is 5.79 Å². The van der Waals surface area contributed by atoms with E-state index in [1.165, 1.54) is 12.1 Å². The molecule has 1 aliphatic rings. The number of halogens is 3. The van der Waals surface area contributed by atoms with Crippen LogP contribution in [-0.2, 0) is 25.7 Å². The van der Waals surface area contributed by atoms with E-state index in [0.717, 1.165) is 34.7 Å².